The zero-order valence-corrected chi connectivity index (χ0v) is 12.3. The number of fused-ring (bicyclic) bond motifs is 2. The van der Waals surface area contributed by atoms with Gasteiger partial charge in [0.05, 0.1) is 12.3 Å². The quantitative estimate of drug-likeness (QED) is 0.898. The minimum atomic E-state index is -0.779. The Morgan fingerprint density at radius 2 is 1.86 bits per heavy atom. The van der Waals surface area contributed by atoms with Gasteiger partial charge >= 0.3 is 5.97 Å². The van der Waals surface area contributed by atoms with Crippen molar-refractivity contribution in [3.63, 3.8) is 0 Å². The number of hydrogen-bond acceptors (Lipinski definition) is 2. The number of halogens is 1. The standard InChI is InChI=1S/C16H18ClNO3/c17-12-5-1-9(2-6-12)7-13(19)18-15-11-4-3-10(8-11)14(15)16(20)21/h1-2,5-6,10-11,14-15H,3-4,7-8H2,(H,18,19)(H,20,21). The third kappa shape index (κ3) is 2.91. The molecule has 4 nitrogen and oxygen atoms in total. The van der Waals surface area contributed by atoms with E-state index < -0.39 is 11.9 Å². The van der Waals surface area contributed by atoms with Crippen LogP contribution in [-0.4, -0.2) is 23.0 Å². The van der Waals surface area contributed by atoms with Gasteiger partial charge in [0.15, 0.2) is 0 Å². The van der Waals surface area contributed by atoms with E-state index in [1.807, 2.05) is 12.1 Å². The van der Waals surface area contributed by atoms with Crippen LogP contribution >= 0.6 is 11.6 Å². The molecule has 0 radical (unpaired) electrons. The SMILES string of the molecule is O=C(Cc1ccc(Cl)cc1)NC1C2CCC(C2)C1C(=O)O. The van der Waals surface area contributed by atoms with E-state index in [1.165, 1.54) is 0 Å². The highest BCUT2D eigenvalue weighted by molar-refractivity contribution is 6.30. The van der Waals surface area contributed by atoms with E-state index in [1.54, 1.807) is 12.1 Å². The van der Waals surface area contributed by atoms with Crippen LogP contribution in [0, 0.1) is 17.8 Å². The predicted molar refractivity (Wildman–Crippen MR) is 79.0 cm³/mol. The van der Waals surface area contributed by atoms with Crippen LogP contribution in [0.15, 0.2) is 24.3 Å². The second kappa shape index (κ2) is 5.68. The third-order valence-electron chi connectivity index (χ3n) is 4.81. The molecule has 4 atom stereocenters. The Labute approximate surface area is 128 Å². The van der Waals surface area contributed by atoms with Crippen LogP contribution in [0.2, 0.25) is 5.02 Å². The van der Waals surface area contributed by atoms with Crippen molar-refractivity contribution in [3.05, 3.63) is 34.9 Å². The normalized spacial score (nSPS) is 30.3. The van der Waals surface area contributed by atoms with Crippen molar-refractivity contribution in [2.24, 2.45) is 17.8 Å². The minimum Gasteiger partial charge on any atom is -0.481 e. The van der Waals surface area contributed by atoms with Gasteiger partial charge in [0, 0.05) is 11.1 Å². The molecule has 2 saturated carbocycles. The number of amides is 1. The lowest BCUT2D eigenvalue weighted by Gasteiger charge is -2.28. The van der Waals surface area contributed by atoms with Crippen molar-refractivity contribution in [2.45, 2.75) is 31.7 Å². The summed E-state index contributed by atoms with van der Waals surface area (Å²) in [5, 5.41) is 13.0. The van der Waals surface area contributed by atoms with Crippen molar-refractivity contribution < 1.29 is 14.7 Å². The summed E-state index contributed by atoms with van der Waals surface area (Å²) in [5.41, 5.74) is 0.881. The number of hydrogen-bond donors (Lipinski definition) is 2. The largest absolute Gasteiger partial charge is 0.481 e. The Morgan fingerprint density at radius 1 is 1.19 bits per heavy atom. The third-order valence-corrected chi connectivity index (χ3v) is 5.06. The van der Waals surface area contributed by atoms with Gasteiger partial charge in [0.2, 0.25) is 5.91 Å². The van der Waals surface area contributed by atoms with Gasteiger partial charge in [0.25, 0.3) is 0 Å². The topological polar surface area (TPSA) is 66.4 Å². The van der Waals surface area contributed by atoms with Crippen LogP contribution in [-0.2, 0) is 16.0 Å². The minimum absolute atomic E-state index is 0.110. The number of carboxylic acids is 1. The Kier molecular flexibility index (Phi) is 3.89. The molecule has 0 spiro atoms. The summed E-state index contributed by atoms with van der Waals surface area (Å²) in [6.45, 7) is 0. The molecule has 3 rings (SSSR count). The van der Waals surface area contributed by atoms with Gasteiger partial charge in [-0.25, -0.2) is 0 Å². The molecule has 2 fully saturated rings. The summed E-state index contributed by atoms with van der Waals surface area (Å²) >= 11 is 5.82. The van der Waals surface area contributed by atoms with E-state index in [0.717, 1.165) is 24.8 Å². The van der Waals surface area contributed by atoms with Crippen molar-refractivity contribution in [1.82, 2.24) is 5.32 Å². The maximum absolute atomic E-state index is 12.2. The summed E-state index contributed by atoms with van der Waals surface area (Å²) in [6.07, 6.45) is 3.20. The number of benzene rings is 1. The summed E-state index contributed by atoms with van der Waals surface area (Å²) in [7, 11) is 0. The molecule has 1 aromatic rings. The Bertz CT molecular complexity index is 557. The summed E-state index contributed by atoms with van der Waals surface area (Å²) in [5.74, 6) is -0.753. The van der Waals surface area contributed by atoms with Crippen LogP contribution in [0.4, 0.5) is 0 Å². The first-order valence-corrected chi connectivity index (χ1v) is 7.69. The first-order valence-electron chi connectivity index (χ1n) is 7.31. The van der Waals surface area contributed by atoms with Gasteiger partial charge in [-0.2, -0.15) is 0 Å². The summed E-state index contributed by atoms with van der Waals surface area (Å²) < 4.78 is 0. The summed E-state index contributed by atoms with van der Waals surface area (Å²) in [6, 6.07) is 6.93. The number of carbonyl (C=O) groups excluding carboxylic acids is 1. The van der Waals surface area contributed by atoms with Gasteiger partial charge in [0.1, 0.15) is 0 Å². The maximum atomic E-state index is 12.2. The Hall–Kier alpha value is -1.55. The number of carbonyl (C=O) groups is 2. The van der Waals surface area contributed by atoms with E-state index >= 15 is 0 Å². The summed E-state index contributed by atoms with van der Waals surface area (Å²) in [4.78, 5) is 23.6. The van der Waals surface area contributed by atoms with Crippen molar-refractivity contribution in [3.8, 4) is 0 Å². The molecule has 2 aliphatic rings. The fourth-order valence-corrected chi connectivity index (χ4v) is 4.00. The Balaban J connectivity index is 1.64. The highest BCUT2D eigenvalue weighted by Gasteiger charge is 2.51. The molecule has 0 aromatic heterocycles. The number of carboxylic acid groups (broad SMARTS) is 1. The highest BCUT2D eigenvalue weighted by Crippen LogP contribution is 2.48. The maximum Gasteiger partial charge on any atom is 0.308 e. The lowest BCUT2D eigenvalue weighted by Crippen LogP contribution is -2.47. The smallest absolute Gasteiger partial charge is 0.308 e. The first-order chi connectivity index (χ1) is 10.0. The van der Waals surface area contributed by atoms with E-state index in [2.05, 4.69) is 5.32 Å². The van der Waals surface area contributed by atoms with Crippen LogP contribution in [0.5, 0.6) is 0 Å². The van der Waals surface area contributed by atoms with E-state index in [0.29, 0.717) is 10.9 Å². The van der Waals surface area contributed by atoms with Gasteiger partial charge in [-0.15, -0.1) is 0 Å². The first kappa shape index (κ1) is 14.4. The highest BCUT2D eigenvalue weighted by atomic mass is 35.5. The second-order valence-electron chi connectivity index (χ2n) is 6.09. The molecule has 2 N–H and O–H groups in total. The molecule has 1 amide bonds. The zero-order chi connectivity index (χ0) is 15.0. The van der Waals surface area contributed by atoms with Crippen molar-refractivity contribution >= 4 is 23.5 Å². The lowest BCUT2D eigenvalue weighted by molar-refractivity contribution is -0.144. The monoisotopic (exact) mass is 307 g/mol. The molecule has 112 valence electrons. The number of rotatable bonds is 4. The van der Waals surface area contributed by atoms with Crippen LogP contribution < -0.4 is 5.32 Å². The van der Waals surface area contributed by atoms with Gasteiger partial charge < -0.3 is 10.4 Å². The van der Waals surface area contributed by atoms with E-state index in [4.69, 9.17) is 11.6 Å². The number of nitrogens with one attached hydrogen (secondary N) is 1. The van der Waals surface area contributed by atoms with Crippen LogP contribution in [0.3, 0.4) is 0 Å². The zero-order valence-electron chi connectivity index (χ0n) is 11.6. The van der Waals surface area contributed by atoms with E-state index in [-0.39, 0.29) is 24.3 Å². The molecule has 4 unspecified atom stereocenters. The lowest BCUT2D eigenvalue weighted by atomic mass is 9.84. The predicted octanol–water partition coefficient (Wildman–Crippen LogP) is 2.50. The van der Waals surface area contributed by atoms with Gasteiger partial charge in [-0.3, -0.25) is 9.59 Å². The molecule has 0 heterocycles. The molecular formula is C16H18ClNO3. The fraction of sp³-hybridized carbons (Fsp3) is 0.500. The molecule has 2 bridgehead atoms. The van der Waals surface area contributed by atoms with Crippen molar-refractivity contribution in [2.75, 3.05) is 0 Å². The average molecular weight is 308 g/mol. The molecule has 2 aliphatic carbocycles. The molecule has 21 heavy (non-hydrogen) atoms. The number of aliphatic carboxylic acids is 1. The van der Waals surface area contributed by atoms with Gasteiger partial charge in [-0.1, -0.05) is 23.7 Å². The molecule has 0 saturated heterocycles. The van der Waals surface area contributed by atoms with Crippen LogP contribution in [0.1, 0.15) is 24.8 Å². The molecule has 1 aromatic carbocycles. The second-order valence-corrected chi connectivity index (χ2v) is 6.53. The molecule has 0 aliphatic heterocycles. The van der Waals surface area contributed by atoms with Crippen LogP contribution in [0.25, 0.3) is 0 Å². The molecular weight excluding hydrogens is 290 g/mol. The Morgan fingerprint density at radius 3 is 2.52 bits per heavy atom. The van der Waals surface area contributed by atoms with Crippen molar-refractivity contribution in [1.29, 1.82) is 0 Å². The fourth-order valence-electron chi connectivity index (χ4n) is 3.88. The van der Waals surface area contributed by atoms with Gasteiger partial charge in [-0.05, 0) is 48.8 Å². The average Bonchev–Trinajstić information content (AvgIpc) is 3.02. The molecule has 5 heteroatoms. The van der Waals surface area contributed by atoms with E-state index in [9.17, 15) is 14.7 Å².